The number of hydrogen-bond donors (Lipinski definition) is 1. The van der Waals surface area contributed by atoms with Crippen LogP contribution in [0.3, 0.4) is 0 Å². The second-order valence-corrected chi connectivity index (χ2v) is 3.94. The third-order valence-corrected chi connectivity index (χ3v) is 2.03. The van der Waals surface area contributed by atoms with Crippen LogP contribution in [0.5, 0.6) is 0 Å². The van der Waals surface area contributed by atoms with Crippen LogP contribution < -0.4 is 5.73 Å². The van der Waals surface area contributed by atoms with Gasteiger partial charge >= 0.3 is 12.1 Å². The summed E-state index contributed by atoms with van der Waals surface area (Å²) in [7, 11) is 1.13. The highest BCUT2D eigenvalue weighted by atomic mass is 19.4. The molecule has 0 aliphatic rings. The molecule has 2 N–H and O–H groups in total. The number of amides is 1. The molecule has 0 aromatic carbocycles. The molecule has 106 valence electrons. The van der Waals surface area contributed by atoms with Crippen molar-refractivity contribution in [3.63, 3.8) is 0 Å². The number of nitrogens with zero attached hydrogens (tertiary/aromatic N) is 1. The third kappa shape index (κ3) is 7.88. The molecule has 0 saturated heterocycles. The molecule has 5 nitrogen and oxygen atoms in total. The molecule has 1 atom stereocenters. The van der Waals surface area contributed by atoms with E-state index in [0.717, 1.165) is 7.11 Å². The van der Waals surface area contributed by atoms with E-state index in [9.17, 15) is 22.8 Å². The number of rotatable bonds is 6. The number of alkyl halides is 3. The highest BCUT2D eigenvalue weighted by Gasteiger charge is 2.33. The Kier molecular flexibility index (Phi) is 6.67. The van der Waals surface area contributed by atoms with E-state index >= 15 is 0 Å². The minimum Gasteiger partial charge on any atom is -0.469 e. The number of hydrogen-bond acceptors (Lipinski definition) is 4. The highest BCUT2D eigenvalue weighted by molar-refractivity contribution is 5.77. The van der Waals surface area contributed by atoms with Crippen molar-refractivity contribution in [1.82, 2.24) is 4.90 Å². The van der Waals surface area contributed by atoms with E-state index in [4.69, 9.17) is 5.73 Å². The lowest BCUT2D eigenvalue weighted by Gasteiger charge is -2.24. The van der Waals surface area contributed by atoms with Gasteiger partial charge < -0.3 is 15.4 Å². The Morgan fingerprint density at radius 1 is 1.39 bits per heavy atom. The van der Waals surface area contributed by atoms with Crippen molar-refractivity contribution in [3.8, 4) is 0 Å². The average molecular weight is 270 g/mol. The first-order valence-corrected chi connectivity index (χ1v) is 5.32. The summed E-state index contributed by atoms with van der Waals surface area (Å²) in [5.41, 5.74) is 5.36. The second-order valence-electron chi connectivity index (χ2n) is 3.94. The predicted octanol–water partition coefficient (Wildman–Crippen LogP) is 0.678. The zero-order chi connectivity index (χ0) is 14.3. The molecule has 0 bridgehead atoms. The molecule has 0 saturated carbocycles. The van der Waals surface area contributed by atoms with E-state index in [1.165, 1.54) is 6.92 Å². The van der Waals surface area contributed by atoms with Crippen molar-refractivity contribution < 1.29 is 27.5 Å². The Morgan fingerprint density at radius 2 is 1.94 bits per heavy atom. The van der Waals surface area contributed by atoms with Crippen LogP contribution in [-0.2, 0) is 14.3 Å². The van der Waals surface area contributed by atoms with E-state index in [1.807, 2.05) is 0 Å². The molecule has 0 rings (SSSR count). The van der Waals surface area contributed by atoms with Gasteiger partial charge in [-0.1, -0.05) is 0 Å². The van der Waals surface area contributed by atoms with Crippen molar-refractivity contribution in [3.05, 3.63) is 0 Å². The molecule has 0 fully saturated rings. The lowest BCUT2D eigenvalue weighted by molar-refractivity contribution is -0.162. The molecule has 1 unspecified atom stereocenters. The number of carbonyl (C=O) groups is 2. The smallest absolute Gasteiger partial charge is 0.406 e. The van der Waals surface area contributed by atoms with Gasteiger partial charge in [-0.25, -0.2) is 0 Å². The van der Waals surface area contributed by atoms with Crippen molar-refractivity contribution in [2.45, 2.75) is 32.0 Å². The van der Waals surface area contributed by atoms with Crippen molar-refractivity contribution in [2.24, 2.45) is 5.73 Å². The summed E-state index contributed by atoms with van der Waals surface area (Å²) in [6.45, 7) is -0.211. The summed E-state index contributed by atoms with van der Waals surface area (Å²) in [4.78, 5) is 23.0. The molecule has 0 spiro atoms. The maximum Gasteiger partial charge on any atom is 0.406 e. The Balaban J connectivity index is 4.51. The van der Waals surface area contributed by atoms with Crippen molar-refractivity contribution in [2.75, 3.05) is 20.2 Å². The molecule has 18 heavy (non-hydrogen) atoms. The molecule has 1 amide bonds. The van der Waals surface area contributed by atoms with Gasteiger partial charge in [-0.2, -0.15) is 13.2 Å². The summed E-state index contributed by atoms with van der Waals surface area (Å²) in [6, 6.07) is -0.536. The third-order valence-electron chi connectivity index (χ3n) is 2.03. The maximum absolute atomic E-state index is 12.3. The van der Waals surface area contributed by atoms with Crippen LogP contribution in [-0.4, -0.2) is 49.2 Å². The zero-order valence-corrected chi connectivity index (χ0v) is 10.3. The lowest BCUT2D eigenvalue weighted by atomic mass is 10.2. The van der Waals surface area contributed by atoms with Crippen LogP contribution in [0.4, 0.5) is 13.2 Å². The summed E-state index contributed by atoms with van der Waals surface area (Å²) >= 11 is 0. The van der Waals surface area contributed by atoms with Gasteiger partial charge in [-0.15, -0.1) is 0 Å². The SMILES string of the molecule is COC(=O)CCN(CC(F)(F)F)C(=O)CC(C)N. The van der Waals surface area contributed by atoms with Gasteiger partial charge in [0.15, 0.2) is 0 Å². The minimum atomic E-state index is -4.51. The monoisotopic (exact) mass is 270 g/mol. The first-order valence-electron chi connectivity index (χ1n) is 5.32. The zero-order valence-electron chi connectivity index (χ0n) is 10.3. The first-order chi connectivity index (χ1) is 8.15. The van der Waals surface area contributed by atoms with E-state index in [-0.39, 0.29) is 19.4 Å². The highest BCUT2D eigenvalue weighted by Crippen LogP contribution is 2.17. The van der Waals surface area contributed by atoms with Crippen molar-refractivity contribution >= 4 is 11.9 Å². The van der Waals surface area contributed by atoms with Gasteiger partial charge in [0, 0.05) is 19.0 Å². The molecule has 0 aromatic rings. The van der Waals surface area contributed by atoms with Gasteiger partial charge in [0.05, 0.1) is 13.5 Å². The number of carbonyl (C=O) groups excluding carboxylic acids is 2. The number of esters is 1. The molecular weight excluding hydrogens is 253 g/mol. The van der Waals surface area contributed by atoms with Crippen LogP contribution in [0.15, 0.2) is 0 Å². The van der Waals surface area contributed by atoms with Crippen LogP contribution in [0.2, 0.25) is 0 Å². The minimum absolute atomic E-state index is 0.197. The molecule has 0 heterocycles. The van der Waals surface area contributed by atoms with Gasteiger partial charge in [-0.3, -0.25) is 9.59 Å². The number of nitrogens with two attached hydrogens (primary N) is 1. The molecule has 0 aliphatic heterocycles. The number of ether oxygens (including phenoxy) is 1. The van der Waals surface area contributed by atoms with Crippen molar-refractivity contribution in [1.29, 1.82) is 0 Å². The van der Waals surface area contributed by atoms with E-state index < -0.39 is 30.6 Å². The van der Waals surface area contributed by atoms with Gasteiger partial charge in [-0.05, 0) is 6.92 Å². The van der Waals surface area contributed by atoms with E-state index in [1.54, 1.807) is 0 Å². The Morgan fingerprint density at radius 3 is 2.33 bits per heavy atom. The van der Waals surface area contributed by atoms with E-state index in [0.29, 0.717) is 4.90 Å². The predicted molar refractivity (Wildman–Crippen MR) is 57.5 cm³/mol. The fourth-order valence-corrected chi connectivity index (χ4v) is 1.24. The maximum atomic E-state index is 12.3. The number of methoxy groups -OCH3 is 1. The normalized spacial score (nSPS) is 13.0. The number of halogens is 3. The van der Waals surface area contributed by atoms with Crippen LogP contribution in [0.25, 0.3) is 0 Å². The topological polar surface area (TPSA) is 72.6 Å². The molecule has 0 aliphatic carbocycles. The molecule has 0 aromatic heterocycles. The standard InChI is InChI=1S/C10H17F3N2O3/c1-7(14)5-8(16)15(6-10(11,12)13)4-3-9(17)18-2/h7H,3-6,14H2,1-2H3. The van der Waals surface area contributed by atoms with Gasteiger partial charge in [0.25, 0.3) is 0 Å². The molecule has 8 heteroatoms. The Hall–Kier alpha value is -1.31. The summed E-state index contributed by atoms with van der Waals surface area (Å²) in [6.07, 6.45) is -4.99. The fraction of sp³-hybridized carbons (Fsp3) is 0.800. The molecular formula is C10H17F3N2O3. The fourth-order valence-electron chi connectivity index (χ4n) is 1.24. The summed E-state index contributed by atoms with van der Waals surface area (Å²) in [5.74, 6) is -1.40. The lowest BCUT2D eigenvalue weighted by Crippen LogP contribution is -2.42. The first kappa shape index (κ1) is 16.7. The summed E-state index contributed by atoms with van der Waals surface area (Å²) in [5, 5.41) is 0. The second kappa shape index (κ2) is 7.20. The molecule has 0 radical (unpaired) electrons. The Bertz CT molecular complexity index is 293. The Labute approximate surface area is 103 Å². The van der Waals surface area contributed by atoms with Gasteiger partial charge in [0.2, 0.25) is 5.91 Å². The summed E-state index contributed by atoms with van der Waals surface area (Å²) < 4.78 is 41.1. The van der Waals surface area contributed by atoms with E-state index in [2.05, 4.69) is 4.74 Å². The van der Waals surface area contributed by atoms with Crippen LogP contribution in [0, 0.1) is 0 Å². The van der Waals surface area contributed by atoms with Gasteiger partial charge in [0.1, 0.15) is 6.54 Å². The van der Waals surface area contributed by atoms with Crippen LogP contribution in [0.1, 0.15) is 19.8 Å². The largest absolute Gasteiger partial charge is 0.469 e. The quantitative estimate of drug-likeness (QED) is 0.720. The average Bonchev–Trinajstić information content (AvgIpc) is 2.20. The van der Waals surface area contributed by atoms with Crippen LogP contribution >= 0.6 is 0 Å².